The summed E-state index contributed by atoms with van der Waals surface area (Å²) in [6.45, 7) is 2.65. The molecule has 0 saturated heterocycles. The topological polar surface area (TPSA) is 57.8 Å². The Morgan fingerprint density at radius 1 is 1.11 bits per heavy atom. The van der Waals surface area contributed by atoms with Crippen molar-refractivity contribution in [1.29, 1.82) is 0 Å². The number of benzene rings is 2. The molecule has 1 heterocycles. The minimum absolute atomic E-state index is 0.0410. The first-order valence-electron chi connectivity index (χ1n) is 10.1. The zero-order valence-corrected chi connectivity index (χ0v) is 16.3. The molecule has 2 N–H and O–H groups in total. The smallest absolute Gasteiger partial charge is 0.223 e. The number of amides is 1. The summed E-state index contributed by atoms with van der Waals surface area (Å²) in [5, 5.41) is 3.19. The molecule has 1 unspecified atom stereocenters. The van der Waals surface area contributed by atoms with Crippen LogP contribution in [0.15, 0.2) is 60.7 Å². The highest BCUT2D eigenvalue weighted by Gasteiger charge is 2.26. The van der Waals surface area contributed by atoms with E-state index in [0.29, 0.717) is 6.54 Å². The molecule has 1 aromatic heterocycles. The largest absolute Gasteiger partial charge is 0.356 e. The van der Waals surface area contributed by atoms with E-state index < -0.39 is 0 Å². The molecule has 1 aliphatic rings. The Kier molecular flexibility index (Phi) is 5.56. The van der Waals surface area contributed by atoms with Crippen molar-refractivity contribution in [2.75, 3.05) is 6.54 Å². The zero-order valence-electron chi connectivity index (χ0n) is 16.3. The van der Waals surface area contributed by atoms with Crippen molar-refractivity contribution in [1.82, 2.24) is 15.3 Å². The average molecular weight is 374 g/mol. The van der Waals surface area contributed by atoms with E-state index in [0.717, 1.165) is 42.9 Å². The molecule has 28 heavy (non-hydrogen) atoms. The maximum atomic E-state index is 12.7. The molecular formula is C24H27N3O. The standard InChI is InChI=1S/C24H27N3O/c1-17-26-22-13-12-20(16-23(22)27-17)24(28)25-15-14-21(18-8-4-2-5-9-18)19-10-6-3-7-11-19/h2-11,20-21H,12-16H2,1H3,(H,25,28)(H,26,27). The van der Waals surface area contributed by atoms with E-state index in [1.54, 1.807) is 0 Å². The van der Waals surface area contributed by atoms with Crippen LogP contribution in [0, 0.1) is 12.8 Å². The van der Waals surface area contributed by atoms with Gasteiger partial charge in [0.1, 0.15) is 5.82 Å². The van der Waals surface area contributed by atoms with Crippen LogP contribution in [0.3, 0.4) is 0 Å². The van der Waals surface area contributed by atoms with E-state index in [1.165, 1.54) is 11.1 Å². The number of nitrogens with zero attached hydrogens (tertiary/aromatic N) is 1. The number of nitrogens with one attached hydrogen (secondary N) is 2. The summed E-state index contributed by atoms with van der Waals surface area (Å²) in [5.74, 6) is 1.44. The normalized spacial score (nSPS) is 16.0. The zero-order chi connectivity index (χ0) is 19.3. The van der Waals surface area contributed by atoms with Gasteiger partial charge >= 0.3 is 0 Å². The van der Waals surface area contributed by atoms with E-state index in [4.69, 9.17) is 0 Å². The van der Waals surface area contributed by atoms with Gasteiger partial charge < -0.3 is 10.3 Å². The number of imidazole rings is 1. The van der Waals surface area contributed by atoms with Gasteiger partial charge in [-0.2, -0.15) is 0 Å². The van der Waals surface area contributed by atoms with E-state index in [-0.39, 0.29) is 17.7 Å². The van der Waals surface area contributed by atoms with Crippen molar-refractivity contribution in [3.05, 3.63) is 89.0 Å². The van der Waals surface area contributed by atoms with Gasteiger partial charge in [0.25, 0.3) is 0 Å². The number of H-pyrrole nitrogens is 1. The lowest BCUT2D eigenvalue weighted by molar-refractivity contribution is -0.125. The second-order valence-corrected chi connectivity index (χ2v) is 7.64. The minimum Gasteiger partial charge on any atom is -0.356 e. The summed E-state index contributed by atoms with van der Waals surface area (Å²) in [5.41, 5.74) is 4.85. The first kappa shape index (κ1) is 18.5. The van der Waals surface area contributed by atoms with Crippen molar-refractivity contribution >= 4 is 5.91 Å². The molecule has 0 spiro atoms. The molecule has 1 aliphatic carbocycles. The average Bonchev–Trinajstić information content (AvgIpc) is 3.11. The Balaban J connectivity index is 1.38. The molecule has 4 rings (SSSR count). The van der Waals surface area contributed by atoms with Crippen LogP contribution in [0.5, 0.6) is 0 Å². The summed E-state index contributed by atoms with van der Waals surface area (Å²) >= 11 is 0. The third-order valence-electron chi connectivity index (χ3n) is 5.67. The second-order valence-electron chi connectivity index (χ2n) is 7.64. The molecule has 4 nitrogen and oxygen atoms in total. The predicted octanol–water partition coefficient (Wildman–Crippen LogP) is 4.16. The van der Waals surface area contributed by atoms with Gasteiger partial charge in [-0.15, -0.1) is 0 Å². The second kappa shape index (κ2) is 8.42. The molecule has 144 valence electrons. The lowest BCUT2D eigenvalue weighted by Gasteiger charge is -2.22. The number of aromatic nitrogens is 2. The summed E-state index contributed by atoms with van der Waals surface area (Å²) in [7, 11) is 0. The fraction of sp³-hybridized carbons (Fsp3) is 0.333. The van der Waals surface area contributed by atoms with Crippen molar-refractivity contribution < 1.29 is 4.79 Å². The minimum atomic E-state index is 0.0410. The molecule has 0 aliphatic heterocycles. The van der Waals surface area contributed by atoms with Crippen LogP contribution in [0.4, 0.5) is 0 Å². The van der Waals surface area contributed by atoms with E-state index in [1.807, 2.05) is 19.1 Å². The molecule has 3 aromatic rings. The molecular weight excluding hydrogens is 346 g/mol. The maximum absolute atomic E-state index is 12.7. The molecule has 0 fully saturated rings. The Morgan fingerprint density at radius 3 is 2.39 bits per heavy atom. The van der Waals surface area contributed by atoms with Crippen molar-refractivity contribution in [2.24, 2.45) is 5.92 Å². The van der Waals surface area contributed by atoms with Crippen molar-refractivity contribution in [3.63, 3.8) is 0 Å². The third-order valence-corrected chi connectivity index (χ3v) is 5.67. The Morgan fingerprint density at radius 2 is 1.75 bits per heavy atom. The van der Waals surface area contributed by atoms with Gasteiger partial charge in [-0.05, 0) is 37.3 Å². The van der Waals surface area contributed by atoms with E-state index >= 15 is 0 Å². The van der Waals surface area contributed by atoms with Gasteiger partial charge in [0, 0.05) is 30.5 Å². The number of rotatable bonds is 6. The summed E-state index contributed by atoms with van der Waals surface area (Å²) in [6, 6.07) is 21.1. The van der Waals surface area contributed by atoms with Crippen LogP contribution in [0.2, 0.25) is 0 Å². The van der Waals surface area contributed by atoms with Gasteiger partial charge in [-0.25, -0.2) is 4.98 Å². The van der Waals surface area contributed by atoms with Crippen LogP contribution in [0.25, 0.3) is 0 Å². The highest BCUT2D eigenvalue weighted by atomic mass is 16.1. The summed E-state index contributed by atoms with van der Waals surface area (Å²) in [6.07, 6.45) is 3.42. The predicted molar refractivity (Wildman–Crippen MR) is 111 cm³/mol. The highest BCUT2D eigenvalue weighted by molar-refractivity contribution is 5.79. The van der Waals surface area contributed by atoms with Crippen molar-refractivity contribution in [3.8, 4) is 0 Å². The van der Waals surface area contributed by atoms with Crippen LogP contribution in [-0.2, 0) is 17.6 Å². The van der Waals surface area contributed by atoms with Crippen LogP contribution in [0.1, 0.15) is 47.1 Å². The molecule has 1 amide bonds. The van der Waals surface area contributed by atoms with Gasteiger partial charge in [0.2, 0.25) is 5.91 Å². The summed E-state index contributed by atoms with van der Waals surface area (Å²) < 4.78 is 0. The van der Waals surface area contributed by atoms with Gasteiger partial charge in [0.05, 0.1) is 5.69 Å². The SMILES string of the molecule is Cc1nc2c([nH]1)CC(C(=O)NCCC(c1ccccc1)c1ccccc1)CC2. The van der Waals surface area contributed by atoms with Crippen LogP contribution >= 0.6 is 0 Å². The molecule has 0 saturated carbocycles. The molecule has 4 heteroatoms. The Hall–Kier alpha value is -2.88. The number of carbonyl (C=O) groups is 1. The molecule has 2 aromatic carbocycles. The quantitative estimate of drug-likeness (QED) is 0.682. The van der Waals surface area contributed by atoms with Gasteiger partial charge in [-0.3, -0.25) is 4.79 Å². The van der Waals surface area contributed by atoms with Crippen LogP contribution < -0.4 is 5.32 Å². The summed E-state index contributed by atoms with van der Waals surface area (Å²) in [4.78, 5) is 20.5. The first-order chi connectivity index (χ1) is 13.7. The molecule has 0 radical (unpaired) electrons. The number of hydrogen-bond acceptors (Lipinski definition) is 2. The number of hydrogen-bond donors (Lipinski definition) is 2. The Bertz CT molecular complexity index is 878. The number of fused-ring (bicyclic) bond motifs is 1. The van der Waals surface area contributed by atoms with Gasteiger partial charge in [-0.1, -0.05) is 60.7 Å². The first-order valence-corrected chi connectivity index (χ1v) is 10.1. The highest BCUT2D eigenvalue weighted by Crippen LogP contribution is 2.28. The van der Waals surface area contributed by atoms with Crippen molar-refractivity contribution in [2.45, 2.75) is 38.5 Å². The lowest BCUT2D eigenvalue weighted by Crippen LogP contribution is -2.35. The lowest BCUT2D eigenvalue weighted by atomic mass is 9.87. The van der Waals surface area contributed by atoms with E-state index in [2.05, 4.69) is 63.8 Å². The fourth-order valence-corrected chi connectivity index (χ4v) is 4.23. The molecule has 0 bridgehead atoms. The van der Waals surface area contributed by atoms with Gasteiger partial charge in [0.15, 0.2) is 0 Å². The number of aryl methyl sites for hydroxylation is 2. The van der Waals surface area contributed by atoms with Crippen LogP contribution in [-0.4, -0.2) is 22.4 Å². The third kappa shape index (κ3) is 4.16. The van der Waals surface area contributed by atoms with E-state index in [9.17, 15) is 4.79 Å². The maximum Gasteiger partial charge on any atom is 0.223 e. The molecule has 1 atom stereocenters. The monoisotopic (exact) mass is 373 g/mol. The number of carbonyl (C=O) groups excluding carboxylic acids is 1. The Labute approximate surface area is 166 Å². The fourth-order valence-electron chi connectivity index (χ4n) is 4.23. The number of aromatic amines is 1.